The van der Waals surface area contributed by atoms with Crippen LogP contribution in [0.25, 0.3) is 22.6 Å². The molecule has 2 aromatic heterocycles. The third kappa shape index (κ3) is 6.34. The van der Waals surface area contributed by atoms with Crippen LogP contribution in [0.15, 0.2) is 71.3 Å². The number of rotatable bonds is 12. The molecule has 0 atom stereocenters. The summed E-state index contributed by atoms with van der Waals surface area (Å²) in [6, 6.07) is 22.2. The van der Waals surface area contributed by atoms with Crippen molar-refractivity contribution >= 4 is 0 Å². The molecule has 0 aliphatic carbocycles. The van der Waals surface area contributed by atoms with Crippen LogP contribution < -0.4 is 0 Å². The molecule has 0 aliphatic rings. The Bertz CT molecular complexity index is 1060. The highest BCUT2D eigenvalue weighted by Gasteiger charge is 2.07. The summed E-state index contributed by atoms with van der Waals surface area (Å²) >= 11 is 0. The molecule has 32 heavy (non-hydrogen) atoms. The highest BCUT2D eigenvalue weighted by atomic mass is 16.5. The molecule has 0 radical (unpaired) electrons. The van der Waals surface area contributed by atoms with Gasteiger partial charge in [-0.05, 0) is 44.6 Å². The first kappa shape index (κ1) is 21.9. The van der Waals surface area contributed by atoms with Crippen molar-refractivity contribution in [2.24, 2.45) is 0 Å². The van der Waals surface area contributed by atoms with E-state index in [1.54, 1.807) is 4.80 Å². The summed E-state index contributed by atoms with van der Waals surface area (Å²) in [5.41, 5.74) is 3.01. The first-order valence-corrected chi connectivity index (χ1v) is 11.3. The van der Waals surface area contributed by atoms with E-state index in [-0.39, 0.29) is 0 Å². The molecule has 0 bridgehead atoms. The summed E-state index contributed by atoms with van der Waals surface area (Å²) in [7, 11) is 2.18. The molecule has 4 aromatic rings. The standard InChI is InChI=1S/C25H30N6O/c1-30(18-11-16-23-20-24(28-32-23)21-12-5-2-6-13-21)17-9-4-10-19-31-27-25(26-29-31)22-14-7-3-8-15-22/h2-3,5-8,12-15,20H,4,9-11,16-19H2,1H3. The largest absolute Gasteiger partial charge is 0.361 e. The van der Waals surface area contributed by atoms with Gasteiger partial charge in [-0.15, -0.1) is 10.2 Å². The molecule has 2 heterocycles. The van der Waals surface area contributed by atoms with Gasteiger partial charge in [0.25, 0.3) is 0 Å². The molecule has 0 unspecified atom stereocenters. The lowest BCUT2D eigenvalue weighted by atomic mass is 10.1. The van der Waals surface area contributed by atoms with Crippen molar-refractivity contribution in [2.45, 2.75) is 38.6 Å². The van der Waals surface area contributed by atoms with Crippen LogP contribution in [0.2, 0.25) is 0 Å². The van der Waals surface area contributed by atoms with Crippen LogP contribution in [0.1, 0.15) is 31.4 Å². The number of aryl methyl sites for hydroxylation is 2. The van der Waals surface area contributed by atoms with Crippen molar-refractivity contribution in [1.82, 2.24) is 30.3 Å². The average molecular weight is 431 g/mol. The Kier molecular flexibility index (Phi) is 7.76. The van der Waals surface area contributed by atoms with Crippen LogP contribution in [0, 0.1) is 0 Å². The molecule has 2 aromatic carbocycles. The summed E-state index contributed by atoms with van der Waals surface area (Å²) in [5, 5.41) is 17.0. The maximum atomic E-state index is 5.50. The van der Waals surface area contributed by atoms with Gasteiger partial charge in [0.2, 0.25) is 5.82 Å². The molecular formula is C25H30N6O. The summed E-state index contributed by atoms with van der Waals surface area (Å²) in [6.45, 7) is 2.94. The van der Waals surface area contributed by atoms with E-state index >= 15 is 0 Å². The smallest absolute Gasteiger partial charge is 0.204 e. The van der Waals surface area contributed by atoms with Gasteiger partial charge in [0.1, 0.15) is 11.5 Å². The van der Waals surface area contributed by atoms with Gasteiger partial charge in [-0.1, -0.05) is 72.2 Å². The van der Waals surface area contributed by atoms with E-state index in [1.807, 2.05) is 48.5 Å². The number of unbranched alkanes of at least 4 members (excludes halogenated alkanes) is 2. The number of hydrogen-bond donors (Lipinski definition) is 0. The molecule has 0 aliphatic heterocycles. The van der Waals surface area contributed by atoms with Crippen molar-refractivity contribution in [3.8, 4) is 22.6 Å². The summed E-state index contributed by atoms with van der Waals surface area (Å²) in [4.78, 5) is 4.09. The Hall–Kier alpha value is -3.32. The van der Waals surface area contributed by atoms with E-state index in [9.17, 15) is 0 Å². The van der Waals surface area contributed by atoms with E-state index in [0.717, 1.165) is 74.3 Å². The topological polar surface area (TPSA) is 72.9 Å². The highest BCUT2D eigenvalue weighted by Crippen LogP contribution is 2.19. The fourth-order valence-corrected chi connectivity index (χ4v) is 3.66. The Morgan fingerprint density at radius 2 is 1.56 bits per heavy atom. The lowest BCUT2D eigenvalue weighted by molar-refractivity contribution is 0.308. The van der Waals surface area contributed by atoms with Crippen LogP contribution in [-0.2, 0) is 13.0 Å². The predicted octanol–water partition coefficient (Wildman–Crippen LogP) is 4.73. The Morgan fingerprint density at radius 1 is 0.844 bits per heavy atom. The second kappa shape index (κ2) is 11.3. The minimum atomic E-state index is 0.688. The molecule has 0 N–H and O–H groups in total. The van der Waals surface area contributed by atoms with Gasteiger partial charge in [0.15, 0.2) is 0 Å². The van der Waals surface area contributed by atoms with Crippen LogP contribution in [-0.4, -0.2) is 50.4 Å². The van der Waals surface area contributed by atoms with Gasteiger partial charge in [-0.3, -0.25) is 0 Å². The Morgan fingerprint density at radius 3 is 2.34 bits per heavy atom. The van der Waals surface area contributed by atoms with Crippen molar-refractivity contribution < 1.29 is 4.52 Å². The van der Waals surface area contributed by atoms with Crippen molar-refractivity contribution in [1.29, 1.82) is 0 Å². The van der Waals surface area contributed by atoms with Crippen molar-refractivity contribution in [3.63, 3.8) is 0 Å². The second-order valence-corrected chi connectivity index (χ2v) is 8.09. The number of benzene rings is 2. The van der Waals surface area contributed by atoms with Gasteiger partial charge in [-0.25, -0.2) is 0 Å². The van der Waals surface area contributed by atoms with Gasteiger partial charge in [0.05, 0.1) is 6.54 Å². The lowest BCUT2D eigenvalue weighted by Crippen LogP contribution is -2.21. The summed E-state index contributed by atoms with van der Waals surface area (Å²) in [6.07, 6.45) is 5.34. The van der Waals surface area contributed by atoms with Crippen LogP contribution in [0.4, 0.5) is 0 Å². The Balaban J connectivity index is 1.08. The number of aromatic nitrogens is 5. The zero-order valence-corrected chi connectivity index (χ0v) is 18.6. The minimum absolute atomic E-state index is 0.688. The normalized spacial score (nSPS) is 11.3. The second-order valence-electron chi connectivity index (χ2n) is 8.09. The molecule has 0 saturated heterocycles. The van der Waals surface area contributed by atoms with Crippen LogP contribution in [0.5, 0.6) is 0 Å². The minimum Gasteiger partial charge on any atom is -0.361 e. The molecule has 7 nitrogen and oxygen atoms in total. The van der Waals surface area contributed by atoms with E-state index in [4.69, 9.17) is 4.52 Å². The van der Waals surface area contributed by atoms with Gasteiger partial charge >= 0.3 is 0 Å². The quantitative estimate of drug-likeness (QED) is 0.303. The molecule has 0 fully saturated rings. The summed E-state index contributed by atoms with van der Waals surface area (Å²) in [5.74, 6) is 1.64. The van der Waals surface area contributed by atoms with E-state index < -0.39 is 0 Å². The third-order valence-corrected chi connectivity index (χ3v) is 5.47. The number of tetrazole rings is 1. The van der Waals surface area contributed by atoms with Crippen molar-refractivity contribution in [2.75, 3.05) is 20.1 Å². The van der Waals surface area contributed by atoms with Crippen LogP contribution >= 0.6 is 0 Å². The van der Waals surface area contributed by atoms with E-state index in [1.165, 1.54) is 0 Å². The fourth-order valence-electron chi connectivity index (χ4n) is 3.66. The molecule has 166 valence electrons. The first-order valence-electron chi connectivity index (χ1n) is 11.3. The highest BCUT2D eigenvalue weighted by molar-refractivity contribution is 5.58. The fraction of sp³-hybridized carbons (Fsp3) is 0.360. The molecular weight excluding hydrogens is 400 g/mol. The van der Waals surface area contributed by atoms with E-state index in [0.29, 0.717) is 5.82 Å². The zero-order valence-electron chi connectivity index (χ0n) is 18.6. The number of hydrogen-bond acceptors (Lipinski definition) is 6. The van der Waals surface area contributed by atoms with Gasteiger partial charge in [-0.2, -0.15) is 4.80 Å². The predicted molar refractivity (Wildman–Crippen MR) is 125 cm³/mol. The molecule has 7 heteroatoms. The SMILES string of the molecule is CN(CCCCCn1nnc(-c2ccccc2)n1)CCCc1cc(-c2ccccc2)no1. The van der Waals surface area contributed by atoms with E-state index in [2.05, 4.69) is 50.7 Å². The van der Waals surface area contributed by atoms with Crippen molar-refractivity contribution in [3.05, 3.63) is 72.5 Å². The summed E-state index contributed by atoms with van der Waals surface area (Å²) < 4.78 is 5.50. The monoisotopic (exact) mass is 430 g/mol. The first-order chi connectivity index (χ1) is 15.8. The maximum Gasteiger partial charge on any atom is 0.204 e. The Labute approximate surface area is 189 Å². The number of nitrogens with zero attached hydrogens (tertiary/aromatic N) is 6. The molecule has 0 spiro atoms. The molecule has 0 saturated carbocycles. The lowest BCUT2D eigenvalue weighted by Gasteiger charge is -2.15. The van der Waals surface area contributed by atoms with Gasteiger partial charge in [0, 0.05) is 23.6 Å². The zero-order chi connectivity index (χ0) is 22.0. The molecule has 0 amide bonds. The van der Waals surface area contributed by atoms with Gasteiger partial charge < -0.3 is 9.42 Å². The molecule has 4 rings (SSSR count). The average Bonchev–Trinajstić information content (AvgIpc) is 3.50. The van der Waals surface area contributed by atoms with Crippen LogP contribution in [0.3, 0.4) is 0 Å². The maximum absolute atomic E-state index is 5.50. The third-order valence-electron chi connectivity index (χ3n) is 5.47.